The Balaban J connectivity index is 1.75. The molecule has 128 valence electrons. The van der Waals surface area contributed by atoms with Crippen molar-refractivity contribution in [2.75, 3.05) is 7.11 Å². The van der Waals surface area contributed by atoms with Crippen LogP contribution < -0.4 is 0 Å². The van der Waals surface area contributed by atoms with Crippen molar-refractivity contribution in [3.63, 3.8) is 0 Å². The van der Waals surface area contributed by atoms with Crippen LogP contribution in [0.25, 0.3) is 0 Å². The van der Waals surface area contributed by atoms with Gasteiger partial charge in [0.1, 0.15) is 5.82 Å². The first kappa shape index (κ1) is 16.8. The molecule has 0 bridgehead atoms. The molecule has 3 rings (SSSR count). The highest BCUT2D eigenvalue weighted by atomic mass is 19.2. The van der Waals surface area contributed by atoms with Crippen LogP contribution in [0.3, 0.4) is 0 Å². The normalized spacial score (nSPS) is 10.7. The number of nitrogens with zero attached hydrogens (tertiary/aromatic N) is 2. The molecule has 4 nitrogen and oxygen atoms in total. The molecule has 2 aromatic carbocycles. The second kappa shape index (κ2) is 7.25. The van der Waals surface area contributed by atoms with E-state index < -0.39 is 11.6 Å². The highest BCUT2D eigenvalue weighted by molar-refractivity contribution is 5.89. The fraction of sp³-hybridized carbons (Fsp3) is 0.158. The number of carbonyl (C=O) groups excluding carboxylic acids is 1. The van der Waals surface area contributed by atoms with Crippen LogP contribution in [-0.2, 0) is 17.7 Å². The number of methoxy groups -OCH3 is 1. The molecule has 25 heavy (non-hydrogen) atoms. The van der Waals surface area contributed by atoms with Crippen molar-refractivity contribution in [3.05, 3.63) is 89.0 Å². The Morgan fingerprint density at radius 1 is 1.08 bits per heavy atom. The summed E-state index contributed by atoms with van der Waals surface area (Å²) in [5.74, 6) is -1.37. The second-order valence-electron chi connectivity index (χ2n) is 5.59. The average Bonchev–Trinajstić information content (AvgIpc) is 3.05. The van der Waals surface area contributed by atoms with Crippen LogP contribution in [0.4, 0.5) is 8.78 Å². The van der Waals surface area contributed by atoms with Gasteiger partial charge in [-0.1, -0.05) is 18.2 Å². The Morgan fingerprint density at radius 2 is 1.80 bits per heavy atom. The summed E-state index contributed by atoms with van der Waals surface area (Å²) < 4.78 is 33.0. The molecule has 0 unspecified atom stereocenters. The Labute approximate surface area is 143 Å². The molecule has 3 aromatic rings. The molecule has 0 N–H and O–H groups in total. The van der Waals surface area contributed by atoms with E-state index in [0.29, 0.717) is 24.1 Å². The lowest BCUT2D eigenvalue weighted by Gasteiger charge is -2.09. The average molecular weight is 342 g/mol. The molecule has 0 amide bonds. The molecule has 0 aliphatic carbocycles. The zero-order valence-electron chi connectivity index (χ0n) is 13.6. The van der Waals surface area contributed by atoms with Crippen LogP contribution in [0.2, 0.25) is 0 Å². The van der Waals surface area contributed by atoms with Gasteiger partial charge >= 0.3 is 5.97 Å². The summed E-state index contributed by atoms with van der Waals surface area (Å²) in [6, 6.07) is 10.9. The molecule has 0 spiro atoms. The molecule has 0 saturated heterocycles. The summed E-state index contributed by atoms with van der Waals surface area (Å²) in [7, 11) is 1.34. The third-order valence-electron chi connectivity index (χ3n) is 3.88. The highest BCUT2D eigenvalue weighted by Gasteiger charge is 2.09. The van der Waals surface area contributed by atoms with Gasteiger partial charge in [-0.25, -0.2) is 18.6 Å². The highest BCUT2D eigenvalue weighted by Crippen LogP contribution is 2.14. The van der Waals surface area contributed by atoms with Gasteiger partial charge in [0, 0.05) is 25.4 Å². The van der Waals surface area contributed by atoms with Crippen molar-refractivity contribution in [2.45, 2.75) is 13.0 Å². The first-order valence-electron chi connectivity index (χ1n) is 7.68. The van der Waals surface area contributed by atoms with E-state index in [1.807, 2.05) is 22.9 Å². The lowest BCUT2D eigenvalue weighted by molar-refractivity contribution is 0.0600. The maximum absolute atomic E-state index is 13.3. The molecule has 0 saturated carbocycles. The SMILES string of the molecule is COC(=O)c1ccc(Cn2ccnc2Cc2ccc(F)c(F)c2)cc1. The minimum atomic E-state index is -0.867. The van der Waals surface area contributed by atoms with E-state index in [4.69, 9.17) is 0 Å². The van der Waals surface area contributed by atoms with Crippen LogP contribution in [0, 0.1) is 11.6 Å². The van der Waals surface area contributed by atoms with Gasteiger partial charge in [-0.3, -0.25) is 0 Å². The number of ether oxygens (including phenoxy) is 1. The topological polar surface area (TPSA) is 44.1 Å². The predicted octanol–water partition coefficient (Wildman–Crippen LogP) is 3.59. The van der Waals surface area contributed by atoms with Gasteiger partial charge in [0.25, 0.3) is 0 Å². The summed E-state index contributed by atoms with van der Waals surface area (Å²) >= 11 is 0. The van der Waals surface area contributed by atoms with Crippen LogP contribution in [-0.4, -0.2) is 22.6 Å². The maximum Gasteiger partial charge on any atom is 0.337 e. The van der Waals surface area contributed by atoms with Crippen LogP contribution in [0.1, 0.15) is 27.3 Å². The molecule has 0 atom stereocenters. The standard InChI is InChI=1S/C19H16F2N2O2/c1-25-19(24)15-5-2-13(3-6-15)12-23-9-8-22-18(23)11-14-4-7-16(20)17(21)10-14/h2-10H,11-12H2,1H3. The van der Waals surface area contributed by atoms with E-state index in [1.54, 1.807) is 24.4 Å². The maximum atomic E-state index is 13.3. The number of hydrogen-bond acceptors (Lipinski definition) is 3. The van der Waals surface area contributed by atoms with Crippen LogP contribution >= 0.6 is 0 Å². The van der Waals surface area contributed by atoms with Gasteiger partial charge in [0.15, 0.2) is 11.6 Å². The molecular weight excluding hydrogens is 326 g/mol. The summed E-state index contributed by atoms with van der Waals surface area (Å²) in [5.41, 5.74) is 2.11. The summed E-state index contributed by atoms with van der Waals surface area (Å²) in [6.07, 6.45) is 3.88. The second-order valence-corrected chi connectivity index (χ2v) is 5.59. The Hall–Kier alpha value is -3.02. The summed E-state index contributed by atoms with van der Waals surface area (Å²) in [4.78, 5) is 15.7. The van der Waals surface area contributed by atoms with E-state index in [1.165, 1.54) is 13.2 Å². The van der Waals surface area contributed by atoms with E-state index >= 15 is 0 Å². The van der Waals surface area contributed by atoms with Crippen molar-refractivity contribution >= 4 is 5.97 Å². The van der Waals surface area contributed by atoms with Gasteiger partial charge < -0.3 is 9.30 Å². The molecule has 1 heterocycles. The smallest absolute Gasteiger partial charge is 0.337 e. The van der Waals surface area contributed by atoms with Crippen molar-refractivity contribution < 1.29 is 18.3 Å². The molecule has 0 aliphatic rings. The molecule has 6 heteroatoms. The first-order valence-corrected chi connectivity index (χ1v) is 7.68. The van der Waals surface area contributed by atoms with Gasteiger partial charge in [-0.2, -0.15) is 0 Å². The summed E-state index contributed by atoms with van der Waals surface area (Å²) in [5, 5.41) is 0. The van der Waals surface area contributed by atoms with Crippen molar-refractivity contribution in [1.82, 2.24) is 9.55 Å². The number of imidazole rings is 1. The number of aromatic nitrogens is 2. The lowest BCUT2D eigenvalue weighted by atomic mass is 10.1. The minimum absolute atomic E-state index is 0.381. The molecule has 0 aliphatic heterocycles. The zero-order valence-corrected chi connectivity index (χ0v) is 13.6. The third kappa shape index (κ3) is 3.91. The third-order valence-corrected chi connectivity index (χ3v) is 3.88. The van der Waals surface area contributed by atoms with Crippen molar-refractivity contribution in [2.24, 2.45) is 0 Å². The minimum Gasteiger partial charge on any atom is -0.465 e. The largest absolute Gasteiger partial charge is 0.465 e. The molecule has 0 radical (unpaired) electrons. The van der Waals surface area contributed by atoms with Crippen LogP contribution in [0.5, 0.6) is 0 Å². The van der Waals surface area contributed by atoms with Crippen molar-refractivity contribution in [1.29, 1.82) is 0 Å². The van der Waals surface area contributed by atoms with E-state index in [9.17, 15) is 13.6 Å². The first-order chi connectivity index (χ1) is 12.1. The number of rotatable bonds is 5. The van der Waals surface area contributed by atoms with Gasteiger partial charge in [0.2, 0.25) is 0 Å². The lowest BCUT2D eigenvalue weighted by Crippen LogP contribution is -2.06. The van der Waals surface area contributed by atoms with Gasteiger partial charge in [-0.15, -0.1) is 0 Å². The predicted molar refractivity (Wildman–Crippen MR) is 88.3 cm³/mol. The fourth-order valence-electron chi connectivity index (χ4n) is 2.54. The fourth-order valence-corrected chi connectivity index (χ4v) is 2.54. The van der Waals surface area contributed by atoms with Crippen LogP contribution in [0.15, 0.2) is 54.9 Å². The number of esters is 1. The quantitative estimate of drug-likeness (QED) is 0.666. The molecule has 0 fully saturated rings. The van der Waals surface area contributed by atoms with Gasteiger partial charge in [-0.05, 0) is 35.4 Å². The number of hydrogen-bond donors (Lipinski definition) is 0. The number of benzene rings is 2. The zero-order chi connectivity index (χ0) is 17.8. The molecule has 1 aromatic heterocycles. The van der Waals surface area contributed by atoms with E-state index in [2.05, 4.69) is 9.72 Å². The summed E-state index contributed by atoms with van der Waals surface area (Å²) in [6.45, 7) is 0.556. The number of halogens is 2. The van der Waals surface area contributed by atoms with E-state index in [0.717, 1.165) is 17.5 Å². The molecular formula is C19H16F2N2O2. The Morgan fingerprint density at radius 3 is 2.48 bits per heavy atom. The Kier molecular flexibility index (Phi) is 4.88. The number of carbonyl (C=O) groups is 1. The van der Waals surface area contributed by atoms with E-state index in [-0.39, 0.29) is 5.97 Å². The van der Waals surface area contributed by atoms with Gasteiger partial charge in [0.05, 0.1) is 12.7 Å². The van der Waals surface area contributed by atoms with Crippen molar-refractivity contribution in [3.8, 4) is 0 Å². The Bertz CT molecular complexity index is 889. The monoisotopic (exact) mass is 342 g/mol.